The molecule has 0 spiro atoms. The molecule has 2 aliphatic rings. The van der Waals surface area contributed by atoms with E-state index in [9.17, 15) is 14.9 Å². The predicted molar refractivity (Wildman–Crippen MR) is 155 cm³/mol. The summed E-state index contributed by atoms with van der Waals surface area (Å²) in [4.78, 5) is 26.9. The number of carbonyl (C=O) groups excluding carboxylic acids is 1. The Kier molecular flexibility index (Phi) is 7.89. The highest BCUT2D eigenvalue weighted by molar-refractivity contribution is 8.00. The Morgan fingerprint density at radius 1 is 1.11 bits per heavy atom. The van der Waals surface area contributed by atoms with Gasteiger partial charge in [0.1, 0.15) is 0 Å². The number of carbonyl (C=O) groups is 1. The number of anilines is 1. The number of nitro benzene ring substituents is 1. The Morgan fingerprint density at radius 3 is 2.50 bits per heavy atom. The van der Waals surface area contributed by atoms with Crippen LogP contribution in [0.5, 0.6) is 0 Å². The van der Waals surface area contributed by atoms with E-state index in [0.717, 1.165) is 23.2 Å². The number of alkyl halides is 1. The first-order valence-electron chi connectivity index (χ1n) is 12.8. The van der Waals surface area contributed by atoms with E-state index in [1.807, 2.05) is 67.3 Å². The van der Waals surface area contributed by atoms with E-state index in [-0.39, 0.29) is 45.0 Å². The third-order valence-electron chi connectivity index (χ3n) is 7.68. The molecular formula is C29H29Cl2N3O3S. The maximum atomic E-state index is 13.2. The van der Waals surface area contributed by atoms with Gasteiger partial charge >= 0.3 is 0 Å². The zero-order valence-corrected chi connectivity index (χ0v) is 23.5. The fraction of sp³-hybridized carbons (Fsp3) is 0.345. The number of thioether (sulfide) groups is 1. The van der Waals surface area contributed by atoms with Gasteiger partial charge < -0.3 is 10.2 Å². The molecule has 38 heavy (non-hydrogen) atoms. The van der Waals surface area contributed by atoms with Crippen LogP contribution in [0, 0.1) is 16.0 Å². The van der Waals surface area contributed by atoms with Gasteiger partial charge in [-0.25, -0.2) is 0 Å². The van der Waals surface area contributed by atoms with Gasteiger partial charge in [-0.2, -0.15) is 0 Å². The summed E-state index contributed by atoms with van der Waals surface area (Å²) in [6.07, 6.45) is 0.767. The predicted octanol–water partition coefficient (Wildman–Crippen LogP) is 7.77. The summed E-state index contributed by atoms with van der Waals surface area (Å²) < 4.78 is 0. The normalized spacial score (nSPS) is 23.7. The molecule has 5 rings (SSSR count). The van der Waals surface area contributed by atoms with Crippen LogP contribution in [0.25, 0.3) is 0 Å². The molecule has 1 heterocycles. The minimum atomic E-state index is -0.341. The summed E-state index contributed by atoms with van der Waals surface area (Å²) in [5, 5.41) is 15.7. The van der Waals surface area contributed by atoms with Crippen molar-refractivity contribution in [3.05, 3.63) is 98.6 Å². The second kappa shape index (κ2) is 11.2. The molecule has 0 unspecified atom stereocenters. The quantitative estimate of drug-likeness (QED) is 0.178. The molecule has 1 N–H and O–H groups in total. The number of nitrogens with one attached hydrogen (secondary N) is 1. The van der Waals surface area contributed by atoms with E-state index in [1.165, 1.54) is 17.8 Å². The minimum Gasteiger partial charge on any atom is -0.378 e. The summed E-state index contributed by atoms with van der Waals surface area (Å²) in [5.41, 5.74) is 3.85. The molecule has 6 nitrogen and oxygen atoms in total. The number of nitrogens with zero attached hydrogens (tertiary/aromatic N) is 2. The molecule has 0 radical (unpaired) electrons. The largest absolute Gasteiger partial charge is 0.378 e. The van der Waals surface area contributed by atoms with Crippen molar-refractivity contribution in [3.8, 4) is 0 Å². The number of benzene rings is 3. The van der Waals surface area contributed by atoms with Crippen LogP contribution in [0.15, 0.2) is 71.6 Å². The second-order valence-electron chi connectivity index (χ2n) is 9.70. The van der Waals surface area contributed by atoms with Crippen LogP contribution in [0.1, 0.15) is 53.7 Å². The Bertz CT molecular complexity index is 1350. The van der Waals surface area contributed by atoms with Crippen molar-refractivity contribution in [3.63, 3.8) is 0 Å². The van der Waals surface area contributed by atoms with Crippen LogP contribution in [-0.4, -0.2) is 39.4 Å². The zero-order valence-electron chi connectivity index (χ0n) is 21.1. The first kappa shape index (κ1) is 26.9. The van der Waals surface area contributed by atoms with Gasteiger partial charge in [-0.05, 0) is 73.7 Å². The molecule has 9 heteroatoms. The molecule has 0 bridgehead atoms. The molecule has 198 valence electrons. The molecule has 1 fully saturated rings. The maximum Gasteiger partial charge on any atom is 0.282 e. The van der Waals surface area contributed by atoms with Crippen molar-refractivity contribution < 1.29 is 9.72 Å². The van der Waals surface area contributed by atoms with Crippen molar-refractivity contribution in [1.29, 1.82) is 0 Å². The van der Waals surface area contributed by atoms with Gasteiger partial charge in [-0.3, -0.25) is 14.9 Å². The molecule has 1 amide bonds. The topological polar surface area (TPSA) is 75.5 Å². The van der Waals surface area contributed by atoms with E-state index in [1.54, 1.807) is 12.1 Å². The standard InChI is InChI=1S/C29H29Cl2N3O3S/c1-3-33(4-2)29(35)18-11-14-22-20(15-18)26-21(28(32-22)17-9-12-19(30)13-10-17)16-25(27(26)31)38-24-8-6-5-7-23(24)34(36)37/h5-15,21,25-28,32H,3-4,16H2,1-2H3/t21-,25+,26-,27+,28+/m1/s1. The highest BCUT2D eigenvalue weighted by Gasteiger charge is 2.50. The number of nitro groups is 1. The average molecular weight is 571 g/mol. The first-order valence-corrected chi connectivity index (χ1v) is 14.5. The average Bonchev–Trinajstić information content (AvgIpc) is 3.25. The molecule has 3 aromatic carbocycles. The van der Waals surface area contributed by atoms with Gasteiger partial charge in [0.15, 0.2) is 0 Å². The Balaban J connectivity index is 1.55. The van der Waals surface area contributed by atoms with Crippen molar-refractivity contribution >= 4 is 52.2 Å². The molecule has 0 aromatic heterocycles. The Labute approximate surface area is 236 Å². The van der Waals surface area contributed by atoms with Crippen molar-refractivity contribution in [2.45, 2.75) is 47.8 Å². The highest BCUT2D eigenvalue weighted by Crippen LogP contribution is 2.58. The van der Waals surface area contributed by atoms with Gasteiger partial charge in [-0.15, -0.1) is 23.4 Å². The number of para-hydroxylation sites is 1. The second-order valence-corrected chi connectivity index (χ2v) is 11.9. The molecule has 1 aliphatic carbocycles. The molecule has 1 saturated carbocycles. The van der Waals surface area contributed by atoms with Crippen LogP contribution < -0.4 is 5.32 Å². The lowest BCUT2D eigenvalue weighted by Crippen LogP contribution is -2.33. The number of hydrogen-bond acceptors (Lipinski definition) is 5. The van der Waals surface area contributed by atoms with Crippen LogP contribution >= 0.6 is 35.0 Å². The van der Waals surface area contributed by atoms with Crippen molar-refractivity contribution in [1.82, 2.24) is 4.90 Å². The lowest BCUT2D eigenvalue weighted by atomic mass is 9.77. The third-order valence-corrected chi connectivity index (χ3v) is 10.0. The highest BCUT2D eigenvalue weighted by atomic mass is 35.5. The molecule has 0 saturated heterocycles. The summed E-state index contributed by atoms with van der Waals surface area (Å²) in [6.45, 7) is 5.24. The van der Waals surface area contributed by atoms with E-state index in [2.05, 4.69) is 5.32 Å². The lowest BCUT2D eigenvalue weighted by Gasteiger charge is -2.38. The molecular weight excluding hydrogens is 541 g/mol. The lowest BCUT2D eigenvalue weighted by molar-refractivity contribution is -0.387. The Morgan fingerprint density at radius 2 is 1.82 bits per heavy atom. The fourth-order valence-corrected chi connectivity index (χ4v) is 7.88. The van der Waals surface area contributed by atoms with Gasteiger partial charge in [0.2, 0.25) is 0 Å². The van der Waals surface area contributed by atoms with Crippen molar-refractivity contribution in [2.24, 2.45) is 5.92 Å². The van der Waals surface area contributed by atoms with Gasteiger partial charge in [0.25, 0.3) is 11.6 Å². The molecule has 3 aromatic rings. The molecule has 1 aliphatic heterocycles. The zero-order chi connectivity index (χ0) is 27.0. The molecule has 5 atom stereocenters. The SMILES string of the molecule is CCN(CC)C(=O)c1ccc2c(c1)[C@H]1[C@@H](Cl)[C@@H](Sc3ccccc3[N+](=O)[O-])C[C@H]1[C@H](c1ccc(Cl)cc1)N2. The van der Waals surface area contributed by atoms with Crippen molar-refractivity contribution in [2.75, 3.05) is 18.4 Å². The fourth-order valence-electron chi connectivity index (χ4n) is 5.81. The van der Waals surface area contributed by atoms with E-state index in [4.69, 9.17) is 23.2 Å². The van der Waals surface area contributed by atoms with E-state index >= 15 is 0 Å². The smallest absolute Gasteiger partial charge is 0.282 e. The Hall–Kier alpha value is -2.74. The number of hydrogen-bond donors (Lipinski definition) is 1. The summed E-state index contributed by atoms with van der Waals surface area (Å²) in [5.74, 6) is 0.104. The summed E-state index contributed by atoms with van der Waals surface area (Å²) in [6, 6.07) is 20.5. The van der Waals surface area contributed by atoms with E-state index < -0.39 is 0 Å². The van der Waals surface area contributed by atoms with Gasteiger partial charge in [-0.1, -0.05) is 35.9 Å². The van der Waals surface area contributed by atoms with Gasteiger partial charge in [0, 0.05) is 46.6 Å². The van der Waals surface area contributed by atoms with Crippen LogP contribution in [-0.2, 0) is 0 Å². The summed E-state index contributed by atoms with van der Waals surface area (Å²) in [7, 11) is 0. The number of fused-ring (bicyclic) bond motifs is 3. The number of rotatable bonds is 7. The van der Waals surface area contributed by atoms with Gasteiger partial charge in [0.05, 0.1) is 21.2 Å². The van der Waals surface area contributed by atoms with E-state index in [0.29, 0.717) is 28.6 Å². The first-order chi connectivity index (χ1) is 18.3. The van der Waals surface area contributed by atoms with Crippen LogP contribution in [0.3, 0.4) is 0 Å². The number of halogens is 2. The minimum absolute atomic E-state index is 0.00382. The monoisotopic (exact) mass is 569 g/mol. The summed E-state index contributed by atoms with van der Waals surface area (Å²) >= 11 is 14.9. The maximum absolute atomic E-state index is 13.2. The third kappa shape index (κ3) is 4.99. The van der Waals surface area contributed by atoms with Crippen LogP contribution in [0.2, 0.25) is 5.02 Å². The van der Waals surface area contributed by atoms with Crippen LogP contribution in [0.4, 0.5) is 11.4 Å². The number of amides is 1.